The van der Waals surface area contributed by atoms with Gasteiger partial charge in [-0.15, -0.1) is 11.3 Å². The van der Waals surface area contributed by atoms with E-state index in [1.165, 1.54) is 5.56 Å². The van der Waals surface area contributed by atoms with Crippen molar-refractivity contribution in [2.75, 3.05) is 0 Å². The Morgan fingerprint density at radius 3 is 2.18 bits per heavy atom. The lowest BCUT2D eigenvalue weighted by atomic mass is 9.86. The molecule has 0 spiro atoms. The zero-order valence-corrected chi connectivity index (χ0v) is 17.5. The molecule has 0 saturated carbocycles. The van der Waals surface area contributed by atoms with Gasteiger partial charge in [0.2, 0.25) is 0 Å². The van der Waals surface area contributed by atoms with Gasteiger partial charge in [-0.05, 0) is 81.1 Å². The van der Waals surface area contributed by atoms with Gasteiger partial charge in [0, 0.05) is 25.2 Å². The Labute approximate surface area is 172 Å². The minimum atomic E-state index is 0.0157. The lowest BCUT2D eigenvalue weighted by molar-refractivity contribution is 0.591. The normalized spacial score (nSPS) is 12.4. The number of hydrogen-bond donors (Lipinski definition) is 0. The van der Waals surface area contributed by atoms with Crippen LogP contribution in [-0.4, -0.2) is 0 Å². The third-order valence-corrected chi connectivity index (χ3v) is 6.78. The van der Waals surface area contributed by atoms with E-state index in [0.717, 1.165) is 46.7 Å². The Hall–Kier alpha value is -2.42. The molecule has 4 aromatic carbocycles. The molecular formula is C25H19ClOS. The lowest BCUT2D eigenvalue weighted by Crippen LogP contribution is -2.12. The molecule has 1 nitrogen and oxygen atoms in total. The van der Waals surface area contributed by atoms with Crippen LogP contribution in [-0.2, 0) is 5.41 Å². The van der Waals surface area contributed by atoms with E-state index < -0.39 is 0 Å². The van der Waals surface area contributed by atoms with Crippen LogP contribution in [0.1, 0.15) is 26.3 Å². The third kappa shape index (κ3) is 2.80. The third-order valence-electron chi connectivity index (χ3n) is 5.41. The van der Waals surface area contributed by atoms with Crippen molar-refractivity contribution in [1.29, 1.82) is 0 Å². The maximum absolute atomic E-state index is 13.3. The molecule has 3 heteroatoms. The molecule has 0 N–H and O–H groups in total. The van der Waals surface area contributed by atoms with Crippen LogP contribution in [0, 0.1) is 0 Å². The number of fused-ring (bicyclic) bond motifs is 4. The van der Waals surface area contributed by atoms with Crippen molar-refractivity contribution < 1.29 is 0 Å². The largest absolute Gasteiger partial charge is 0.289 e. The molecule has 0 aliphatic carbocycles. The number of benzene rings is 4. The van der Waals surface area contributed by atoms with Gasteiger partial charge in [-0.25, -0.2) is 0 Å². The number of halogens is 1. The van der Waals surface area contributed by atoms with Crippen LogP contribution in [0.25, 0.3) is 41.7 Å². The highest BCUT2D eigenvalue weighted by atomic mass is 35.5. The molecule has 1 heterocycles. The molecule has 5 rings (SSSR count). The molecule has 0 fully saturated rings. The number of hydrogen-bond acceptors (Lipinski definition) is 2. The van der Waals surface area contributed by atoms with Gasteiger partial charge in [0.15, 0.2) is 5.43 Å². The first kappa shape index (κ1) is 17.7. The van der Waals surface area contributed by atoms with Gasteiger partial charge in [0.25, 0.3) is 0 Å². The summed E-state index contributed by atoms with van der Waals surface area (Å²) in [6.07, 6.45) is 0. The van der Waals surface area contributed by atoms with Crippen LogP contribution in [0.5, 0.6) is 0 Å². The molecule has 0 atom stereocenters. The zero-order chi connectivity index (χ0) is 19.6. The van der Waals surface area contributed by atoms with E-state index in [-0.39, 0.29) is 10.8 Å². The van der Waals surface area contributed by atoms with Crippen LogP contribution >= 0.6 is 22.9 Å². The second kappa shape index (κ2) is 6.04. The van der Waals surface area contributed by atoms with Crippen LogP contribution in [0.4, 0.5) is 0 Å². The topological polar surface area (TPSA) is 17.1 Å². The van der Waals surface area contributed by atoms with E-state index in [2.05, 4.69) is 57.2 Å². The molecule has 0 bridgehead atoms. The molecule has 0 radical (unpaired) electrons. The van der Waals surface area contributed by atoms with Gasteiger partial charge < -0.3 is 0 Å². The Kier molecular flexibility index (Phi) is 3.81. The SMILES string of the molecule is CC(C)(C)c1ccc2sc3cc4cc5ccc(Cl)cc5cc4cc3c(=O)c2c1. The minimum absolute atomic E-state index is 0.0157. The number of rotatable bonds is 0. The van der Waals surface area contributed by atoms with Crippen LogP contribution in [0.15, 0.2) is 65.5 Å². The van der Waals surface area contributed by atoms with Gasteiger partial charge in [-0.2, -0.15) is 0 Å². The van der Waals surface area contributed by atoms with Crippen molar-refractivity contribution in [3.05, 3.63) is 81.5 Å². The summed E-state index contributed by atoms with van der Waals surface area (Å²) < 4.78 is 2.07. The van der Waals surface area contributed by atoms with Gasteiger partial charge in [0.05, 0.1) is 0 Å². The maximum Gasteiger partial charge on any atom is 0.195 e. The van der Waals surface area contributed by atoms with Gasteiger partial charge in [0.1, 0.15) is 0 Å². The summed E-state index contributed by atoms with van der Waals surface area (Å²) in [6, 6.07) is 20.7. The minimum Gasteiger partial charge on any atom is -0.289 e. The molecule has 28 heavy (non-hydrogen) atoms. The van der Waals surface area contributed by atoms with Crippen molar-refractivity contribution in [1.82, 2.24) is 0 Å². The summed E-state index contributed by atoms with van der Waals surface area (Å²) >= 11 is 7.85. The average molecular weight is 403 g/mol. The summed E-state index contributed by atoms with van der Waals surface area (Å²) in [5.41, 5.74) is 1.31. The Bertz CT molecular complexity index is 1470. The van der Waals surface area contributed by atoms with Gasteiger partial charge in [-0.1, -0.05) is 44.5 Å². The predicted octanol–water partition coefficient (Wildman–Crippen LogP) is 7.67. The standard InChI is InChI=1S/C25H19ClOS/c1-25(2,3)18-5-7-22-21(13-18)24(27)20-11-16-9-15-10-19(26)6-4-14(15)8-17(16)12-23(20)28-22/h4-13H,1-3H3. The van der Waals surface area contributed by atoms with Crippen LogP contribution in [0.2, 0.25) is 5.02 Å². The monoisotopic (exact) mass is 402 g/mol. The van der Waals surface area contributed by atoms with E-state index in [9.17, 15) is 4.79 Å². The van der Waals surface area contributed by atoms with E-state index in [4.69, 9.17) is 11.6 Å². The van der Waals surface area contributed by atoms with Crippen molar-refractivity contribution in [2.45, 2.75) is 26.2 Å². The summed E-state index contributed by atoms with van der Waals surface area (Å²) in [6.45, 7) is 6.52. The lowest BCUT2D eigenvalue weighted by Gasteiger charge is -2.19. The zero-order valence-electron chi connectivity index (χ0n) is 16.0. The molecule has 0 aliphatic rings. The van der Waals surface area contributed by atoms with Crippen LogP contribution < -0.4 is 5.43 Å². The molecular weight excluding hydrogens is 384 g/mol. The summed E-state index contributed by atoms with van der Waals surface area (Å²) in [7, 11) is 0. The fourth-order valence-corrected chi connectivity index (χ4v) is 5.05. The highest BCUT2D eigenvalue weighted by Gasteiger charge is 2.16. The fourth-order valence-electron chi connectivity index (χ4n) is 3.79. The molecule has 0 unspecified atom stereocenters. The average Bonchev–Trinajstić information content (AvgIpc) is 2.64. The first-order valence-electron chi connectivity index (χ1n) is 9.34. The molecule has 5 aromatic rings. The molecule has 0 saturated heterocycles. The highest BCUT2D eigenvalue weighted by Crippen LogP contribution is 2.33. The van der Waals surface area contributed by atoms with Crippen molar-refractivity contribution in [3.8, 4) is 0 Å². The quantitative estimate of drug-likeness (QED) is 0.243. The first-order valence-corrected chi connectivity index (χ1v) is 10.5. The van der Waals surface area contributed by atoms with Crippen molar-refractivity contribution in [2.24, 2.45) is 0 Å². The Balaban J connectivity index is 1.86. The second-order valence-electron chi connectivity index (χ2n) is 8.43. The van der Waals surface area contributed by atoms with Crippen molar-refractivity contribution in [3.63, 3.8) is 0 Å². The fraction of sp³-hybridized carbons (Fsp3) is 0.160. The molecule has 0 amide bonds. The predicted molar refractivity (Wildman–Crippen MR) is 124 cm³/mol. The molecule has 1 aromatic heterocycles. The smallest absolute Gasteiger partial charge is 0.195 e. The summed E-state index contributed by atoms with van der Waals surface area (Å²) in [5.74, 6) is 0. The summed E-state index contributed by atoms with van der Waals surface area (Å²) in [4.78, 5) is 13.3. The molecule has 138 valence electrons. The van der Waals surface area contributed by atoms with Crippen molar-refractivity contribution >= 4 is 64.7 Å². The van der Waals surface area contributed by atoms with E-state index in [1.54, 1.807) is 11.3 Å². The summed E-state index contributed by atoms with van der Waals surface area (Å²) in [5, 5.41) is 6.78. The second-order valence-corrected chi connectivity index (χ2v) is 9.95. The highest BCUT2D eigenvalue weighted by molar-refractivity contribution is 7.24. The van der Waals surface area contributed by atoms with E-state index >= 15 is 0 Å². The van der Waals surface area contributed by atoms with Crippen LogP contribution in [0.3, 0.4) is 0 Å². The maximum atomic E-state index is 13.3. The van der Waals surface area contributed by atoms with Gasteiger partial charge in [-0.3, -0.25) is 4.79 Å². The Morgan fingerprint density at radius 2 is 1.39 bits per heavy atom. The van der Waals surface area contributed by atoms with E-state index in [0.29, 0.717) is 0 Å². The van der Waals surface area contributed by atoms with E-state index in [1.807, 2.05) is 24.3 Å². The molecule has 0 aliphatic heterocycles. The first-order chi connectivity index (χ1) is 13.3. The van der Waals surface area contributed by atoms with Gasteiger partial charge >= 0.3 is 0 Å². The Morgan fingerprint density at radius 1 is 0.714 bits per heavy atom.